The van der Waals surface area contributed by atoms with Crippen LogP contribution in [0.1, 0.15) is 21.7 Å². The predicted molar refractivity (Wildman–Crippen MR) is 124 cm³/mol. The molecule has 162 valence electrons. The van der Waals surface area contributed by atoms with E-state index in [4.69, 9.17) is 9.15 Å². The Labute approximate surface area is 186 Å². The number of fused-ring (bicyclic) bond motifs is 1. The second kappa shape index (κ2) is 9.39. The molecular weight excluding hydrogens is 404 g/mol. The molecule has 0 aliphatic rings. The zero-order chi connectivity index (χ0) is 22.5. The van der Waals surface area contributed by atoms with Gasteiger partial charge in [-0.25, -0.2) is 0 Å². The molecule has 6 heteroatoms. The minimum atomic E-state index is -0.318. The molecule has 0 aliphatic carbocycles. The van der Waals surface area contributed by atoms with Gasteiger partial charge >= 0.3 is 0 Å². The standard InChI is InChI=1S/C26H24N2O4/c1-28(17-20-8-4-5-9-22(20)31-2)25(29)15-18-11-13-21(14-12-18)27-26(30)24-16-19-7-3-6-10-23(19)32-24/h3-14,16H,15,17H2,1-2H3,(H,27,30). The van der Waals surface area contributed by atoms with Crippen LogP contribution in [-0.2, 0) is 17.8 Å². The fourth-order valence-corrected chi connectivity index (χ4v) is 3.48. The maximum Gasteiger partial charge on any atom is 0.291 e. The number of carbonyl (C=O) groups excluding carboxylic acids is 2. The van der Waals surface area contributed by atoms with Crippen molar-refractivity contribution >= 4 is 28.5 Å². The molecule has 0 saturated heterocycles. The van der Waals surface area contributed by atoms with Gasteiger partial charge in [0.2, 0.25) is 5.91 Å². The zero-order valence-corrected chi connectivity index (χ0v) is 18.0. The summed E-state index contributed by atoms with van der Waals surface area (Å²) >= 11 is 0. The fourth-order valence-electron chi connectivity index (χ4n) is 3.48. The number of benzene rings is 3. The molecule has 0 spiro atoms. The highest BCUT2D eigenvalue weighted by molar-refractivity contribution is 6.04. The largest absolute Gasteiger partial charge is 0.496 e. The van der Waals surface area contributed by atoms with Gasteiger partial charge in [0.05, 0.1) is 13.5 Å². The molecule has 32 heavy (non-hydrogen) atoms. The topological polar surface area (TPSA) is 71.8 Å². The lowest BCUT2D eigenvalue weighted by Gasteiger charge is -2.19. The normalized spacial score (nSPS) is 10.7. The van der Waals surface area contributed by atoms with Crippen molar-refractivity contribution in [2.24, 2.45) is 0 Å². The van der Waals surface area contributed by atoms with Crippen LogP contribution in [0.3, 0.4) is 0 Å². The van der Waals surface area contributed by atoms with E-state index in [1.54, 1.807) is 37.3 Å². The average molecular weight is 428 g/mol. The summed E-state index contributed by atoms with van der Waals surface area (Å²) in [5.74, 6) is 0.691. The Morgan fingerprint density at radius 2 is 1.69 bits per heavy atom. The third-order valence-corrected chi connectivity index (χ3v) is 5.24. The van der Waals surface area contributed by atoms with Gasteiger partial charge in [0, 0.05) is 30.2 Å². The van der Waals surface area contributed by atoms with Gasteiger partial charge in [0.1, 0.15) is 11.3 Å². The van der Waals surface area contributed by atoms with Crippen LogP contribution in [0.4, 0.5) is 5.69 Å². The number of methoxy groups -OCH3 is 1. The van der Waals surface area contributed by atoms with Gasteiger partial charge < -0.3 is 19.4 Å². The number of furan rings is 1. The second-order valence-corrected chi connectivity index (χ2v) is 7.54. The third kappa shape index (κ3) is 4.81. The summed E-state index contributed by atoms with van der Waals surface area (Å²) in [5, 5.41) is 3.70. The number of carbonyl (C=O) groups is 2. The first kappa shape index (κ1) is 21.2. The molecule has 4 rings (SSSR count). The molecule has 0 saturated carbocycles. The average Bonchev–Trinajstić information content (AvgIpc) is 3.25. The summed E-state index contributed by atoms with van der Waals surface area (Å²) in [6.45, 7) is 0.467. The van der Waals surface area contributed by atoms with E-state index in [1.807, 2.05) is 60.7 Å². The Morgan fingerprint density at radius 3 is 2.44 bits per heavy atom. The van der Waals surface area contributed by atoms with Crippen LogP contribution >= 0.6 is 0 Å². The number of nitrogens with one attached hydrogen (secondary N) is 1. The molecule has 0 bridgehead atoms. The van der Waals surface area contributed by atoms with E-state index >= 15 is 0 Å². The maximum absolute atomic E-state index is 12.7. The molecule has 0 aliphatic heterocycles. The molecule has 0 unspecified atom stereocenters. The number of para-hydroxylation sites is 2. The second-order valence-electron chi connectivity index (χ2n) is 7.54. The van der Waals surface area contributed by atoms with Gasteiger partial charge in [0.25, 0.3) is 5.91 Å². The third-order valence-electron chi connectivity index (χ3n) is 5.24. The lowest BCUT2D eigenvalue weighted by molar-refractivity contribution is -0.129. The lowest BCUT2D eigenvalue weighted by atomic mass is 10.1. The Kier molecular flexibility index (Phi) is 6.22. The van der Waals surface area contributed by atoms with Crippen molar-refractivity contribution in [3.8, 4) is 5.75 Å². The van der Waals surface area contributed by atoms with Crippen molar-refractivity contribution in [2.75, 3.05) is 19.5 Å². The molecule has 0 fully saturated rings. The molecule has 4 aromatic rings. The van der Waals surface area contributed by atoms with Crippen LogP contribution < -0.4 is 10.1 Å². The van der Waals surface area contributed by atoms with Crippen molar-refractivity contribution < 1.29 is 18.7 Å². The summed E-state index contributed by atoms with van der Waals surface area (Å²) in [6, 6.07) is 24.1. The van der Waals surface area contributed by atoms with E-state index < -0.39 is 0 Å². The van der Waals surface area contributed by atoms with Gasteiger partial charge in [-0.3, -0.25) is 9.59 Å². The number of anilines is 1. The quantitative estimate of drug-likeness (QED) is 0.455. The van der Waals surface area contributed by atoms with Crippen LogP contribution in [0.25, 0.3) is 11.0 Å². The summed E-state index contributed by atoms with van der Waals surface area (Å²) in [4.78, 5) is 26.8. The monoisotopic (exact) mass is 428 g/mol. The van der Waals surface area contributed by atoms with Gasteiger partial charge in [-0.2, -0.15) is 0 Å². The molecule has 0 radical (unpaired) electrons. The molecule has 1 aromatic heterocycles. The minimum absolute atomic E-state index is 0.00466. The molecule has 2 amide bonds. The van der Waals surface area contributed by atoms with Crippen LogP contribution in [-0.4, -0.2) is 30.9 Å². The fraction of sp³-hybridized carbons (Fsp3) is 0.154. The zero-order valence-electron chi connectivity index (χ0n) is 18.0. The SMILES string of the molecule is COc1ccccc1CN(C)C(=O)Cc1ccc(NC(=O)c2cc3ccccc3o2)cc1. The highest BCUT2D eigenvalue weighted by atomic mass is 16.5. The Morgan fingerprint density at radius 1 is 0.969 bits per heavy atom. The van der Waals surface area contributed by atoms with E-state index in [9.17, 15) is 9.59 Å². The van der Waals surface area contributed by atoms with Crippen molar-refractivity contribution in [1.29, 1.82) is 0 Å². The summed E-state index contributed by atoms with van der Waals surface area (Å²) in [5.41, 5.74) is 3.12. The van der Waals surface area contributed by atoms with E-state index in [-0.39, 0.29) is 24.0 Å². The van der Waals surface area contributed by atoms with Crippen LogP contribution in [0.2, 0.25) is 0 Å². The highest BCUT2D eigenvalue weighted by Gasteiger charge is 2.14. The van der Waals surface area contributed by atoms with Gasteiger partial charge in [0.15, 0.2) is 5.76 Å². The highest BCUT2D eigenvalue weighted by Crippen LogP contribution is 2.21. The van der Waals surface area contributed by atoms with Crippen LogP contribution in [0.5, 0.6) is 5.75 Å². The molecule has 6 nitrogen and oxygen atoms in total. The molecule has 1 N–H and O–H groups in total. The predicted octanol–water partition coefficient (Wildman–Crippen LogP) is 4.89. The number of hydrogen-bond donors (Lipinski definition) is 1. The molecule has 0 atom stereocenters. The summed E-state index contributed by atoms with van der Waals surface area (Å²) < 4.78 is 11.0. The number of hydrogen-bond acceptors (Lipinski definition) is 4. The lowest BCUT2D eigenvalue weighted by Crippen LogP contribution is -2.27. The molecule has 1 heterocycles. The van der Waals surface area contributed by atoms with Crippen molar-refractivity contribution in [2.45, 2.75) is 13.0 Å². The van der Waals surface area contributed by atoms with Crippen molar-refractivity contribution in [3.05, 3.63) is 95.7 Å². The Balaban J connectivity index is 1.35. The van der Waals surface area contributed by atoms with Crippen molar-refractivity contribution in [3.63, 3.8) is 0 Å². The van der Waals surface area contributed by atoms with E-state index in [2.05, 4.69) is 5.32 Å². The van der Waals surface area contributed by atoms with Crippen LogP contribution in [0.15, 0.2) is 83.3 Å². The first-order valence-corrected chi connectivity index (χ1v) is 10.3. The summed E-state index contributed by atoms with van der Waals surface area (Å²) in [7, 11) is 3.39. The number of rotatable bonds is 7. The smallest absolute Gasteiger partial charge is 0.291 e. The minimum Gasteiger partial charge on any atom is -0.496 e. The van der Waals surface area contributed by atoms with Gasteiger partial charge in [-0.15, -0.1) is 0 Å². The molecule has 3 aromatic carbocycles. The first-order valence-electron chi connectivity index (χ1n) is 10.3. The number of nitrogens with zero attached hydrogens (tertiary/aromatic N) is 1. The van der Waals surface area contributed by atoms with E-state index in [0.717, 1.165) is 22.3 Å². The Hall–Kier alpha value is -4.06. The number of amides is 2. The number of likely N-dealkylation sites (N-methyl/N-ethyl adjacent to an activating group) is 1. The first-order chi connectivity index (χ1) is 15.5. The summed E-state index contributed by atoms with van der Waals surface area (Å²) in [6.07, 6.45) is 0.267. The maximum atomic E-state index is 12.7. The molecular formula is C26H24N2O4. The van der Waals surface area contributed by atoms with Gasteiger partial charge in [-0.05, 0) is 35.9 Å². The van der Waals surface area contributed by atoms with Crippen molar-refractivity contribution in [1.82, 2.24) is 4.90 Å². The van der Waals surface area contributed by atoms with E-state index in [1.165, 1.54) is 0 Å². The number of ether oxygens (including phenoxy) is 1. The Bertz CT molecular complexity index is 1210. The van der Waals surface area contributed by atoms with Gasteiger partial charge in [-0.1, -0.05) is 48.5 Å². The van der Waals surface area contributed by atoms with Crippen LogP contribution in [0, 0.1) is 0 Å². The van der Waals surface area contributed by atoms with E-state index in [0.29, 0.717) is 17.8 Å².